The number of aryl methyl sites for hydroxylation is 1. The van der Waals surface area contributed by atoms with Gasteiger partial charge in [0.1, 0.15) is 5.75 Å². The second-order valence-corrected chi connectivity index (χ2v) is 11.4. The van der Waals surface area contributed by atoms with Crippen molar-refractivity contribution in [2.24, 2.45) is 5.41 Å². The average Bonchev–Trinajstić information content (AvgIpc) is 3.03. The van der Waals surface area contributed by atoms with Crippen molar-refractivity contribution < 1.29 is 14.3 Å². The maximum Gasteiger partial charge on any atom is 0.239 e. The molecule has 2 N–H and O–H groups in total. The van der Waals surface area contributed by atoms with Crippen LogP contribution in [-0.4, -0.2) is 31.9 Å². The molecule has 6 heteroatoms. The van der Waals surface area contributed by atoms with E-state index in [0.29, 0.717) is 13.0 Å². The van der Waals surface area contributed by atoms with E-state index in [9.17, 15) is 9.59 Å². The number of nitrogens with one attached hydrogen (secondary N) is 2. The quantitative estimate of drug-likeness (QED) is 0.399. The lowest BCUT2D eigenvalue weighted by atomic mass is 9.73. The van der Waals surface area contributed by atoms with Crippen molar-refractivity contribution in [2.75, 3.05) is 30.4 Å². The molecule has 6 nitrogen and oxygen atoms in total. The molecule has 0 radical (unpaired) electrons. The molecule has 3 aromatic carbocycles. The average molecular weight is 524 g/mol. The molecule has 0 saturated carbocycles. The Kier molecular flexibility index (Phi) is 7.47. The monoisotopic (exact) mass is 523 g/mol. The lowest BCUT2D eigenvalue weighted by molar-refractivity contribution is -0.120. The minimum Gasteiger partial charge on any atom is -0.497 e. The number of allylic oxidation sites excluding steroid dienone is 1. The number of benzene rings is 3. The van der Waals surface area contributed by atoms with Crippen LogP contribution >= 0.6 is 0 Å². The Morgan fingerprint density at radius 3 is 2.46 bits per heavy atom. The highest BCUT2D eigenvalue weighted by atomic mass is 16.5. The summed E-state index contributed by atoms with van der Waals surface area (Å²) in [6.45, 7) is 6.99. The van der Waals surface area contributed by atoms with Crippen molar-refractivity contribution in [3.05, 3.63) is 101 Å². The third-order valence-corrected chi connectivity index (χ3v) is 7.61. The highest BCUT2D eigenvalue weighted by Gasteiger charge is 2.41. The van der Waals surface area contributed by atoms with Crippen LogP contribution in [0.15, 0.2) is 84.1 Å². The highest BCUT2D eigenvalue weighted by Crippen LogP contribution is 2.48. The van der Waals surface area contributed by atoms with E-state index in [2.05, 4.69) is 60.6 Å². The van der Waals surface area contributed by atoms with Crippen LogP contribution in [-0.2, 0) is 16.0 Å². The molecule has 1 unspecified atom stereocenters. The van der Waals surface area contributed by atoms with Gasteiger partial charge in [-0.3, -0.25) is 9.59 Å². The van der Waals surface area contributed by atoms with Gasteiger partial charge in [-0.2, -0.15) is 0 Å². The molecule has 202 valence electrons. The van der Waals surface area contributed by atoms with Crippen LogP contribution < -0.4 is 20.3 Å². The molecule has 1 aliphatic carbocycles. The van der Waals surface area contributed by atoms with E-state index in [4.69, 9.17) is 4.74 Å². The highest BCUT2D eigenvalue weighted by molar-refractivity contribution is 6.01. The van der Waals surface area contributed by atoms with E-state index >= 15 is 0 Å². The molecule has 39 heavy (non-hydrogen) atoms. The van der Waals surface area contributed by atoms with Gasteiger partial charge in [0.05, 0.1) is 31.1 Å². The standard InChI is InChI=1S/C33H37N3O3/c1-22-9-13-24(14-10-22)32-31-27(19-33(2,3)20-29(31)37)35-26-7-5-6-8-28(26)36(32)21-30(38)34-18-17-23-11-15-25(39-4)16-12-23/h5-16,32,35H,17-21H2,1-4H3,(H,34,38). The van der Waals surface area contributed by atoms with Gasteiger partial charge in [0.25, 0.3) is 0 Å². The fourth-order valence-corrected chi connectivity index (χ4v) is 5.67. The predicted octanol–water partition coefficient (Wildman–Crippen LogP) is 5.98. The molecule has 0 fully saturated rings. The van der Waals surface area contributed by atoms with Crippen molar-refractivity contribution in [1.82, 2.24) is 5.32 Å². The molecule has 1 heterocycles. The Morgan fingerprint density at radius 1 is 1.03 bits per heavy atom. The number of hydrogen-bond donors (Lipinski definition) is 2. The number of methoxy groups -OCH3 is 1. The fourth-order valence-electron chi connectivity index (χ4n) is 5.67. The lowest BCUT2D eigenvalue weighted by Crippen LogP contribution is -2.42. The van der Waals surface area contributed by atoms with E-state index in [1.165, 1.54) is 0 Å². The normalized spacial score (nSPS) is 18.0. The number of rotatable bonds is 7. The summed E-state index contributed by atoms with van der Waals surface area (Å²) in [5, 5.41) is 6.71. The summed E-state index contributed by atoms with van der Waals surface area (Å²) in [6, 6.07) is 23.9. The zero-order valence-electron chi connectivity index (χ0n) is 23.2. The minimum absolute atomic E-state index is 0.0805. The first kappa shape index (κ1) is 26.5. The van der Waals surface area contributed by atoms with Crippen molar-refractivity contribution in [1.29, 1.82) is 0 Å². The number of carbonyl (C=O) groups is 2. The number of hydrogen-bond acceptors (Lipinski definition) is 5. The first-order valence-corrected chi connectivity index (χ1v) is 13.6. The van der Waals surface area contributed by atoms with Crippen LogP contribution in [0.2, 0.25) is 0 Å². The molecule has 1 atom stereocenters. The van der Waals surface area contributed by atoms with Gasteiger partial charge in [-0.25, -0.2) is 0 Å². The summed E-state index contributed by atoms with van der Waals surface area (Å²) >= 11 is 0. The summed E-state index contributed by atoms with van der Waals surface area (Å²) in [5.41, 5.74) is 6.69. The molecule has 0 spiro atoms. The van der Waals surface area contributed by atoms with Gasteiger partial charge in [0.15, 0.2) is 5.78 Å². The van der Waals surface area contributed by atoms with Crippen LogP contribution in [0, 0.1) is 12.3 Å². The second kappa shape index (κ2) is 11.0. The lowest BCUT2D eigenvalue weighted by Gasteiger charge is -2.38. The summed E-state index contributed by atoms with van der Waals surface area (Å²) in [6.07, 6.45) is 1.97. The van der Waals surface area contributed by atoms with Crippen LogP contribution in [0.5, 0.6) is 5.75 Å². The predicted molar refractivity (Wildman–Crippen MR) is 156 cm³/mol. The smallest absolute Gasteiger partial charge is 0.239 e. The van der Waals surface area contributed by atoms with Crippen LogP contribution in [0.4, 0.5) is 11.4 Å². The largest absolute Gasteiger partial charge is 0.497 e. The topological polar surface area (TPSA) is 70.7 Å². The number of carbonyl (C=O) groups excluding carboxylic acids is 2. The van der Waals surface area contributed by atoms with Crippen molar-refractivity contribution in [2.45, 2.75) is 46.1 Å². The summed E-state index contributed by atoms with van der Waals surface area (Å²) in [5.74, 6) is 0.868. The first-order chi connectivity index (χ1) is 18.7. The van der Waals surface area contributed by atoms with Gasteiger partial charge in [-0.15, -0.1) is 0 Å². The Morgan fingerprint density at radius 2 is 1.74 bits per heavy atom. The van der Waals surface area contributed by atoms with Crippen LogP contribution in [0.3, 0.4) is 0 Å². The Hall–Kier alpha value is -4.06. The van der Waals surface area contributed by atoms with Gasteiger partial charge < -0.3 is 20.3 Å². The van der Waals surface area contributed by atoms with Gasteiger partial charge in [0.2, 0.25) is 5.91 Å². The number of amides is 1. The molecule has 0 saturated heterocycles. The minimum atomic E-state index is -0.368. The Bertz CT molecular complexity index is 1390. The van der Waals surface area contributed by atoms with Gasteiger partial charge in [0, 0.05) is 24.2 Å². The molecule has 1 aliphatic heterocycles. The summed E-state index contributed by atoms with van der Waals surface area (Å²) in [7, 11) is 1.65. The zero-order chi connectivity index (χ0) is 27.6. The second-order valence-electron chi connectivity index (χ2n) is 11.4. The molecular formula is C33H37N3O3. The number of ketones is 1. The van der Waals surface area contributed by atoms with Gasteiger partial charge in [-0.1, -0.05) is 67.9 Å². The molecule has 5 rings (SSSR count). The van der Waals surface area contributed by atoms with Crippen LogP contribution in [0.1, 0.15) is 49.4 Å². The fraction of sp³-hybridized carbons (Fsp3) is 0.333. The molecule has 3 aromatic rings. The van der Waals surface area contributed by atoms with Crippen LogP contribution in [0.25, 0.3) is 0 Å². The number of Topliss-reactive ketones (excluding diaryl/α,β-unsaturated/α-hetero) is 1. The number of anilines is 2. The van der Waals surface area contributed by atoms with E-state index in [1.807, 2.05) is 48.5 Å². The Balaban J connectivity index is 1.47. The summed E-state index contributed by atoms with van der Waals surface area (Å²) in [4.78, 5) is 29.3. The Labute approximate surface area is 231 Å². The summed E-state index contributed by atoms with van der Waals surface area (Å²) < 4.78 is 5.24. The molecule has 0 bridgehead atoms. The zero-order valence-corrected chi connectivity index (χ0v) is 23.2. The van der Waals surface area contributed by atoms with E-state index < -0.39 is 0 Å². The molecule has 2 aliphatic rings. The molecule has 1 amide bonds. The number of nitrogens with zero attached hydrogens (tertiary/aromatic N) is 1. The molecular weight excluding hydrogens is 486 g/mol. The number of fused-ring (bicyclic) bond motifs is 1. The van der Waals surface area contributed by atoms with Crippen molar-refractivity contribution in [3.8, 4) is 5.75 Å². The van der Waals surface area contributed by atoms with Crippen molar-refractivity contribution in [3.63, 3.8) is 0 Å². The van der Waals surface area contributed by atoms with Gasteiger partial charge in [-0.05, 0) is 60.6 Å². The molecule has 0 aromatic heterocycles. The maximum atomic E-state index is 13.8. The third-order valence-electron chi connectivity index (χ3n) is 7.61. The number of para-hydroxylation sites is 2. The number of ether oxygens (including phenoxy) is 1. The SMILES string of the molecule is COc1ccc(CCNC(=O)CN2c3ccccc3NC3=C(C(=O)CC(C)(C)C3)C2c2ccc(C)cc2)cc1. The van der Waals surface area contributed by atoms with E-state index in [1.54, 1.807) is 7.11 Å². The first-order valence-electron chi connectivity index (χ1n) is 13.6. The third kappa shape index (κ3) is 5.85. The van der Waals surface area contributed by atoms with E-state index in [0.717, 1.165) is 57.9 Å². The van der Waals surface area contributed by atoms with Crippen molar-refractivity contribution >= 4 is 23.1 Å². The van der Waals surface area contributed by atoms with E-state index in [-0.39, 0.29) is 29.7 Å². The maximum absolute atomic E-state index is 13.8. The van der Waals surface area contributed by atoms with Gasteiger partial charge >= 0.3 is 0 Å².